The van der Waals surface area contributed by atoms with Crippen molar-refractivity contribution in [2.75, 3.05) is 0 Å². The van der Waals surface area contributed by atoms with Crippen LogP contribution < -0.4 is 0 Å². The smallest absolute Gasteiger partial charge is 0 e. The average Bonchev–Trinajstić information content (AvgIpc) is 0.918. The van der Waals surface area contributed by atoms with Crippen LogP contribution in [0.25, 0.3) is 0 Å². The Morgan fingerprint density at radius 2 is 1.17 bits per heavy atom. The first-order valence-corrected chi connectivity index (χ1v) is 2.23. The fraction of sp³-hybridized carbons (Fsp3) is 0. The summed E-state index contributed by atoms with van der Waals surface area (Å²) in [5.41, 5.74) is 0. The minimum atomic E-state index is -2.00. The summed E-state index contributed by atoms with van der Waals surface area (Å²) < 4.78 is 17.0. The molecule has 0 atom stereocenters. The van der Waals surface area contributed by atoms with Crippen molar-refractivity contribution in [2.24, 2.45) is 0 Å². The molecule has 7 radical (unpaired) electrons. The van der Waals surface area contributed by atoms with Gasteiger partial charge in [-0.3, -0.25) is 0 Å². The van der Waals surface area contributed by atoms with E-state index in [-0.39, 0.29) is 90.1 Å². The van der Waals surface area contributed by atoms with E-state index in [0.29, 0.717) is 0 Å². The van der Waals surface area contributed by atoms with Gasteiger partial charge in [-0.05, 0) is 0 Å². The van der Waals surface area contributed by atoms with Gasteiger partial charge in [-0.2, -0.15) is 0 Å². The Bertz CT molecular complexity index is 34.5. The van der Waals surface area contributed by atoms with E-state index in [1.165, 1.54) is 0 Å². The van der Waals surface area contributed by atoms with E-state index >= 15 is 0 Å². The third kappa shape index (κ3) is 26.8. The Morgan fingerprint density at radius 1 is 1.17 bits per heavy atom. The molecule has 34 valence electrons. The summed E-state index contributed by atoms with van der Waals surface area (Å²) in [4.78, 5) is 0. The molecule has 0 rings (SSSR count). The van der Waals surface area contributed by atoms with Gasteiger partial charge in [-0.1, -0.05) is 0 Å². The molecule has 0 unspecified atom stereocenters. The maximum absolute atomic E-state index is 8.50. The van der Waals surface area contributed by atoms with Gasteiger partial charge in [0, 0.05) is 90.1 Å². The van der Waals surface area contributed by atoms with Gasteiger partial charge >= 0.3 is 24.6 Å². The van der Waals surface area contributed by atoms with Crippen LogP contribution in [-0.2, 0) is 24.6 Å². The van der Waals surface area contributed by atoms with E-state index in [1.807, 2.05) is 0 Å². The Hall–Kier alpha value is 3.24. The van der Waals surface area contributed by atoms with Gasteiger partial charge in [0.05, 0.1) is 0 Å². The van der Waals surface area contributed by atoms with Gasteiger partial charge in [-0.25, -0.2) is 0 Å². The minimum Gasteiger partial charge on any atom is 0 e. The molecule has 0 bridgehead atoms. The molecule has 0 fully saturated rings. The standard InChI is InChI=1S/Ce.Ir.2O.Sb.Sn. The largest absolute Gasteiger partial charge is 0 e. The monoisotopic (exact) mass is 606 g/mol. The Morgan fingerprint density at radius 3 is 1.17 bits per heavy atom. The van der Waals surface area contributed by atoms with Crippen molar-refractivity contribution in [2.45, 2.75) is 0 Å². The van der Waals surface area contributed by atoms with Gasteiger partial charge in [0.25, 0.3) is 0 Å². The van der Waals surface area contributed by atoms with Crippen LogP contribution in [-0.4, -0.2) is 48.3 Å². The third-order valence-electron chi connectivity index (χ3n) is 0. The second-order valence-corrected chi connectivity index (χ2v) is 0.455. The number of rotatable bonds is 0. The van der Waals surface area contributed by atoms with Gasteiger partial charge in [-0.15, -0.1) is 0 Å². The molecule has 0 aliphatic rings. The molecule has 0 aromatic rings. The zero-order valence-corrected chi connectivity index (χ0v) is 13.5. The normalized spacial score (nSPS) is 2.67. The average molecular weight is 605 g/mol. The van der Waals surface area contributed by atoms with Crippen LogP contribution in [0.15, 0.2) is 0 Å². The first kappa shape index (κ1) is 22.8. The van der Waals surface area contributed by atoms with Crippen LogP contribution in [0.5, 0.6) is 0 Å². The minimum absolute atomic E-state index is 0. The van der Waals surface area contributed by atoms with E-state index in [1.54, 1.807) is 0 Å². The van der Waals surface area contributed by atoms with Gasteiger partial charge < -0.3 is 0 Å². The molecular formula is CeIrO2SbSn. The van der Waals surface area contributed by atoms with Crippen molar-refractivity contribution >= 4 is 48.3 Å². The van der Waals surface area contributed by atoms with Crippen molar-refractivity contribution in [3.05, 3.63) is 0 Å². The zero-order chi connectivity index (χ0) is 2.71. The maximum Gasteiger partial charge on any atom is 0 e. The van der Waals surface area contributed by atoms with E-state index in [2.05, 4.69) is 0 Å². The number of hydrogen-bond donors (Lipinski definition) is 0. The van der Waals surface area contributed by atoms with Crippen molar-refractivity contribution in [1.29, 1.82) is 0 Å². The molecule has 0 aromatic heterocycles. The first-order chi connectivity index (χ1) is 1.41. The second-order valence-electron chi connectivity index (χ2n) is 0.0556. The van der Waals surface area contributed by atoms with E-state index < -0.39 is 17.6 Å². The molecule has 0 spiro atoms. The summed E-state index contributed by atoms with van der Waals surface area (Å²) in [6.07, 6.45) is 0. The topological polar surface area (TPSA) is 34.1 Å². The van der Waals surface area contributed by atoms with Crippen LogP contribution in [0.1, 0.15) is 0 Å². The Labute approximate surface area is 112 Å². The fourth-order valence-electron chi connectivity index (χ4n) is 0. The van der Waals surface area contributed by atoms with Gasteiger partial charge in [0.2, 0.25) is 0 Å². The van der Waals surface area contributed by atoms with Gasteiger partial charge in [0.15, 0.2) is 0 Å². The molecule has 0 heterocycles. The van der Waals surface area contributed by atoms with E-state index in [9.17, 15) is 0 Å². The Kier molecular flexibility index (Phi) is 91.5. The molecule has 0 amide bonds. The van der Waals surface area contributed by atoms with Crippen LogP contribution in [0, 0.1) is 41.7 Å². The van der Waals surface area contributed by atoms with Crippen LogP contribution >= 0.6 is 0 Å². The fourth-order valence-corrected chi connectivity index (χ4v) is 0. The molecule has 0 saturated heterocycles. The molecule has 6 heteroatoms. The van der Waals surface area contributed by atoms with E-state index in [0.717, 1.165) is 0 Å². The molecule has 2 nitrogen and oxygen atoms in total. The summed E-state index contributed by atoms with van der Waals surface area (Å²) in [6, 6.07) is 0. The number of hydrogen-bond acceptors (Lipinski definition) is 2. The summed E-state index contributed by atoms with van der Waals surface area (Å²) >= 11 is -2.00. The molecular weight excluding hydrogens is 605 g/mol. The molecule has 0 saturated carbocycles. The SMILES string of the molecule is [Ce].[O]=[Ir]=[O].[Sb].[Sn]. The van der Waals surface area contributed by atoms with Crippen LogP contribution in [0.3, 0.4) is 0 Å². The summed E-state index contributed by atoms with van der Waals surface area (Å²) in [7, 11) is 0. The van der Waals surface area contributed by atoms with E-state index in [4.69, 9.17) is 7.01 Å². The van der Waals surface area contributed by atoms with Crippen LogP contribution in [0.2, 0.25) is 0 Å². The van der Waals surface area contributed by atoms with Crippen molar-refractivity contribution in [3.63, 3.8) is 0 Å². The predicted molar refractivity (Wildman–Crippen MR) is 12.9 cm³/mol. The first-order valence-electron chi connectivity index (χ1n) is 0.272. The van der Waals surface area contributed by atoms with Crippen molar-refractivity contribution < 1.29 is 66.4 Å². The van der Waals surface area contributed by atoms with Crippen molar-refractivity contribution in [1.82, 2.24) is 0 Å². The Balaban J connectivity index is -0.00000000667. The molecule has 6 heavy (non-hydrogen) atoms. The molecule has 0 aliphatic carbocycles. The second kappa shape index (κ2) is 24.0. The molecule has 0 aromatic carbocycles. The maximum atomic E-state index is 8.50. The van der Waals surface area contributed by atoms with Crippen LogP contribution in [0.4, 0.5) is 0 Å². The zero-order valence-electron chi connectivity index (χ0n) is 2.60. The summed E-state index contributed by atoms with van der Waals surface area (Å²) in [6.45, 7) is 0. The van der Waals surface area contributed by atoms with Crippen molar-refractivity contribution in [3.8, 4) is 0 Å². The summed E-state index contributed by atoms with van der Waals surface area (Å²) in [5.74, 6) is 0. The predicted octanol–water partition coefficient (Wildman–Crippen LogP) is -1.00. The summed E-state index contributed by atoms with van der Waals surface area (Å²) in [5, 5.41) is 0. The quantitative estimate of drug-likeness (QED) is 0.333. The third-order valence-corrected chi connectivity index (χ3v) is 0. The van der Waals surface area contributed by atoms with Gasteiger partial charge in [0.1, 0.15) is 0 Å². The molecule has 0 aliphatic heterocycles. The molecule has 0 N–H and O–H groups in total.